The van der Waals surface area contributed by atoms with E-state index < -0.39 is 0 Å². The van der Waals surface area contributed by atoms with Crippen molar-refractivity contribution >= 4 is 5.65 Å². The standard InChI is InChI=1S/C11H14N4O/c12-4-3-8-5-11(16)15-10(13-8)6-9(14-15)7-1-2-7/h5-7,14H,1-4,12H2. The molecule has 3 N–H and O–H groups in total. The Hall–Kier alpha value is -1.62. The maximum Gasteiger partial charge on any atom is 0.272 e. The number of fused-ring (bicyclic) bond motifs is 1. The van der Waals surface area contributed by atoms with Crippen LogP contribution in [0.4, 0.5) is 0 Å². The van der Waals surface area contributed by atoms with Crippen LogP contribution in [0, 0.1) is 0 Å². The number of aromatic nitrogens is 3. The summed E-state index contributed by atoms with van der Waals surface area (Å²) in [5.41, 5.74) is 8.00. The van der Waals surface area contributed by atoms with Gasteiger partial charge < -0.3 is 5.73 Å². The minimum absolute atomic E-state index is 0.0552. The fourth-order valence-corrected chi connectivity index (χ4v) is 1.94. The molecule has 0 aromatic carbocycles. The summed E-state index contributed by atoms with van der Waals surface area (Å²) in [4.78, 5) is 16.2. The van der Waals surface area contributed by atoms with Gasteiger partial charge in [0.1, 0.15) is 0 Å². The van der Waals surface area contributed by atoms with Crippen molar-refractivity contribution in [3.63, 3.8) is 0 Å². The summed E-state index contributed by atoms with van der Waals surface area (Å²) in [5, 5.41) is 3.11. The lowest BCUT2D eigenvalue weighted by Gasteiger charge is -1.97. The van der Waals surface area contributed by atoms with E-state index in [4.69, 9.17) is 5.73 Å². The van der Waals surface area contributed by atoms with Crippen molar-refractivity contribution < 1.29 is 0 Å². The van der Waals surface area contributed by atoms with E-state index in [1.165, 1.54) is 17.4 Å². The molecule has 2 aromatic heterocycles. The number of nitrogens with two attached hydrogens (primary N) is 1. The molecule has 1 fully saturated rings. The van der Waals surface area contributed by atoms with Crippen molar-refractivity contribution in [2.45, 2.75) is 25.2 Å². The monoisotopic (exact) mass is 218 g/mol. The third-order valence-corrected chi connectivity index (χ3v) is 2.94. The van der Waals surface area contributed by atoms with Gasteiger partial charge in [-0.3, -0.25) is 9.89 Å². The van der Waals surface area contributed by atoms with Gasteiger partial charge in [0, 0.05) is 35.9 Å². The molecule has 0 atom stereocenters. The van der Waals surface area contributed by atoms with E-state index in [1.54, 1.807) is 6.07 Å². The minimum Gasteiger partial charge on any atom is -0.330 e. The Labute approximate surface area is 92.3 Å². The Morgan fingerprint density at radius 2 is 2.31 bits per heavy atom. The van der Waals surface area contributed by atoms with Gasteiger partial charge in [0.05, 0.1) is 0 Å². The zero-order valence-corrected chi connectivity index (χ0v) is 8.94. The maximum absolute atomic E-state index is 11.8. The van der Waals surface area contributed by atoms with E-state index in [-0.39, 0.29) is 5.56 Å². The van der Waals surface area contributed by atoms with Gasteiger partial charge in [0.25, 0.3) is 5.56 Å². The second-order valence-electron chi connectivity index (χ2n) is 4.30. The third-order valence-electron chi connectivity index (χ3n) is 2.94. The van der Waals surface area contributed by atoms with Crippen molar-refractivity contribution in [2.24, 2.45) is 5.73 Å². The van der Waals surface area contributed by atoms with Gasteiger partial charge in [-0.1, -0.05) is 0 Å². The lowest BCUT2D eigenvalue weighted by molar-refractivity contribution is 0.832. The van der Waals surface area contributed by atoms with Crippen LogP contribution in [0.2, 0.25) is 0 Å². The molecule has 1 aliphatic carbocycles. The van der Waals surface area contributed by atoms with E-state index in [9.17, 15) is 4.79 Å². The molecule has 2 aromatic rings. The molecule has 0 bridgehead atoms. The fourth-order valence-electron chi connectivity index (χ4n) is 1.94. The largest absolute Gasteiger partial charge is 0.330 e. The number of nitrogens with one attached hydrogen (secondary N) is 1. The number of hydrogen-bond donors (Lipinski definition) is 2. The number of nitrogens with zero attached hydrogens (tertiary/aromatic N) is 2. The van der Waals surface area contributed by atoms with Gasteiger partial charge in [-0.05, 0) is 19.4 Å². The first-order valence-electron chi connectivity index (χ1n) is 5.59. The van der Waals surface area contributed by atoms with Crippen LogP contribution in [0.25, 0.3) is 5.65 Å². The molecular weight excluding hydrogens is 204 g/mol. The van der Waals surface area contributed by atoms with Crippen LogP contribution in [0.1, 0.15) is 30.1 Å². The molecule has 0 aliphatic heterocycles. The average molecular weight is 218 g/mol. The molecule has 1 saturated carbocycles. The van der Waals surface area contributed by atoms with Crippen LogP contribution < -0.4 is 11.3 Å². The van der Waals surface area contributed by atoms with E-state index in [2.05, 4.69) is 10.1 Å². The summed E-state index contributed by atoms with van der Waals surface area (Å²) < 4.78 is 1.51. The maximum atomic E-state index is 11.8. The normalized spacial score (nSPS) is 15.8. The molecule has 16 heavy (non-hydrogen) atoms. The summed E-state index contributed by atoms with van der Waals surface area (Å²) in [7, 11) is 0. The SMILES string of the molecule is NCCc1cc(=O)n2[nH]c(C3CC3)cc2n1. The quantitative estimate of drug-likeness (QED) is 0.783. The van der Waals surface area contributed by atoms with E-state index in [0.717, 1.165) is 11.4 Å². The topological polar surface area (TPSA) is 76.2 Å². The lowest BCUT2D eigenvalue weighted by atomic mass is 10.3. The van der Waals surface area contributed by atoms with Gasteiger partial charge in [0.2, 0.25) is 0 Å². The summed E-state index contributed by atoms with van der Waals surface area (Å²) in [6.45, 7) is 0.516. The van der Waals surface area contributed by atoms with Crippen molar-refractivity contribution in [1.82, 2.24) is 14.6 Å². The second kappa shape index (κ2) is 3.45. The van der Waals surface area contributed by atoms with Crippen molar-refractivity contribution in [1.29, 1.82) is 0 Å². The highest BCUT2D eigenvalue weighted by molar-refractivity contribution is 5.41. The number of H-pyrrole nitrogens is 1. The first-order valence-corrected chi connectivity index (χ1v) is 5.59. The Bertz CT molecular complexity index is 579. The van der Waals surface area contributed by atoms with E-state index >= 15 is 0 Å². The Morgan fingerprint density at radius 3 is 3.00 bits per heavy atom. The fraction of sp³-hybridized carbons (Fsp3) is 0.455. The van der Waals surface area contributed by atoms with Crippen LogP contribution in [0.5, 0.6) is 0 Å². The molecule has 2 heterocycles. The predicted octanol–water partition coefficient (Wildman–Crippen LogP) is 0.401. The molecule has 5 nitrogen and oxygen atoms in total. The van der Waals surface area contributed by atoms with E-state index in [1.807, 2.05) is 6.07 Å². The van der Waals surface area contributed by atoms with Gasteiger partial charge in [-0.25, -0.2) is 9.50 Å². The van der Waals surface area contributed by atoms with Gasteiger partial charge in [0.15, 0.2) is 5.65 Å². The second-order valence-corrected chi connectivity index (χ2v) is 4.30. The first kappa shape index (κ1) is 9.59. The van der Waals surface area contributed by atoms with Crippen LogP contribution in [-0.4, -0.2) is 21.1 Å². The smallest absolute Gasteiger partial charge is 0.272 e. The Morgan fingerprint density at radius 1 is 1.50 bits per heavy atom. The molecule has 0 amide bonds. The summed E-state index contributed by atoms with van der Waals surface area (Å²) in [6.07, 6.45) is 3.06. The third kappa shape index (κ3) is 1.53. The molecule has 84 valence electrons. The van der Waals surface area contributed by atoms with Crippen molar-refractivity contribution in [3.8, 4) is 0 Å². The van der Waals surface area contributed by atoms with Gasteiger partial charge >= 0.3 is 0 Å². The highest BCUT2D eigenvalue weighted by atomic mass is 16.1. The number of aromatic amines is 1. The first-order chi connectivity index (χ1) is 7.78. The van der Waals surface area contributed by atoms with Crippen LogP contribution in [0.15, 0.2) is 16.9 Å². The summed E-state index contributed by atoms with van der Waals surface area (Å²) in [5.74, 6) is 0.596. The summed E-state index contributed by atoms with van der Waals surface area (Å²) in [6, 6.07) is 3.52. The highest BCUT2D eigenvalue weighted by Gasteiger charge is 2.25. The van der Waals surface area contributed by atoms with E-state index in [0.29, 0.717) is 24.5 Å². The van der Waals surface area contributed by atoms with Gasteiger partial charge in [-0.15, -0.1) is 0 Å². The highest BCUT2D eigenvalue weighted by Crippen LogP contribution is 2.39. The number of hydrogen-bond acceptors (Lipinski definition) is 3. The predicted molar refractivity (Wildman–Crippen MR) is 60.5 cm³/mol. The average Bonchev–Trinajstić information content (AvgIpc) is 3.00. The molecule has 0 unspecified atom stereocenters. The lowest BCUT2D eigenvalue weighted by Crippen LogP contribution is -2.17. The molecule has 3 rings (SSSR count). The number of rotatable bonds is 3. The Kier molecular flexibility index (Phi) is 2.07. The van der Waals surface area contributed by atoms with Gasteiger partial charge in [-0.2, -0.15) is 0 Å². The minimum atomic E-state index is -0.0552. The van der Waals surface area contributed by atoms with Crippen LogP contribution >= 0.6 is 0 Å². The molecule has 0 spiro atoms. The molecular formula is C11H14N4O. The van der Waals surface area contributed by atoms with Crippen LogP contribution in [-0.2, 0) is 6.42 Å². The molecule has 0 saturated heterocycles. The Balaban J connectivity index is 2.13. The zero-order valence-electron chi connectivity index (χ0n) is 8.94. The molecule has 1 aliphatic rings. The summed E-state index contributed by atoms with van der Waals surface area (Å²) >= 11 is 0. The zero-order chi connectivity index (χ0) is 11.1. The van der Waals surface area contributed by atoms with Crippen LogP contribution in [0.3, 0.4) is 0 Å². The molecule has 5 heteroatoms. The van der Waals surface area contributed by atoms with Crippen molar-refractivity contribution in [2.75, 3.05) is 6.54 Å². The van der Waals surface area contributed by atoms with Crippen molar-refractivity contribution in [3.05, 3.63) is 33.9 Å². The molecule has 0 radical (unpaired) electrons.